The maximum atomic E-state index is 12.6. The Balaban J connectivity index is 1.75. The summed E-state index contributed by atoms with van der Waals surface area (Å²) < 4.78 is 4.65. The maximum Gasteiger partial charge on any atom is 0.253 e. The molecule has 1 amide bonds. The van der Waals surface area contributed by atoms with Crippen molar-refractivity contribution in [3.63, 3.8) is 0 Å². The minimum absolute atomic E-state index is 0.0357. The van der Waals surface area contributed by atoms with Crippen molar-refractivity contribution in [3.8, 4) is 0 Å². The van der Waals surface area contributed by atoms with Gasteiger partial charge in [-0.1, -0.05) is 0 Å². The van der Waals surface area contributed by atoms with Crippen LogP contribution >= 0.6 is 0 Å². The zero-order valence-electron chi connectivity index (χ0n) is 12.2. The van der Waals surface area contributed by atoms with E-state index >= 15 is 0 Å². The smallest absolute Gasteiger partial charge is 0.253 e. The summed E-state index contributed by atoms with van der Waals surface area (Å²) in [7, 11) is 1.82. The molecule has 0 bridgehead atoms. The van der Waals surface area contributed by atoms with Gasteiger partial charge >= 0.3 is 0 Å². The highest BCUT2D eigenvalue weighted by atomic mass is 16.6. The zero-order chi connectivity index (χ0) is 15.0. The van der Waals surface area contributed by atoms with Crippen molar-refractivity contribution in [2.75, 3.05) is 7.05 Å². The second-order valence-corrected chi connectivity index (χ2v) is 6.11. The molecule has 0 aliphatic heterocycles. The van der Waals surface area contributed by atoms with Gasteiger partial charge in [0.1, 0.15) is 11.0 Å². The number of hydrogen-bond donors (Lipinski definition) is 1. The highest BCUT2D eigenvalue weighted by molar-refractivity contribution is 5.97. The van der Waals surface area contributed by atoms with Crippen LogP contribution in [0.15, 0.2) is 22.8 Å². The fourth-order valence-electron chi connectivity index (χ4n) is 2.90. The third kappa shape index (κ3) is 2.76. The molecule has 1 aromatic carbocycles. The normalized spacial score (nSPS) is 26.0. The number of amides is 1. The second kappa shape index (κ2) is 5.11. The van der Waals surface area contributed by atoms with Crippen LogP contribution in [0, 0.1) is 0 Å². The highest BCUT2D eigenvalue weighted by Gasteiger charge is 2.32. The van der Waals surface area contributed by atoms with Crippen LogP contribution in [-0.2, 0) is 0 Å². The molecule has 0 saturated heterocycles. The number of hydrogen-bond acceptors (Lipinski definition) is 5. The minimum atomic E-state index is -0.592. The van der Waals surface area contributed by atoms with Crippen LogP contribution in [0.4, 0.5) is 0 Å². The Hall–Kier alpha value is -1.95. The monoisotopic (exact) mass is 289 g/mol. The van der Waals surface area contributed by atoms with Crippen molar-refractivity contribution < 1.29 is 14.5 Å². The van der Waals surface area contributed by atoms with Crippen LogP contribution in [0.2, 0.25) is 0 Å². The van der Waals surface area contributed by atoms with Gasteiger partial charge in [0.05, 0.1) is 5.60 Å². The number of aliphatic hydroxyl groups is 1. The topological polar surface area (TPSA) is 79.5 Å². The van der Waals surface area contributed by atoms with Crippen LogP contribution in [0.5, 0.6) is 0 Å². The van der Waals surface area contributed by atoms with E-state index in [0.717, 1.165) is 25.7 Å². The zero-order valence-corrected chi connectivity index (χ0v) is 12.2. The standard InChI is InChI=1S/C15H19N3O3/c1-15(20)7-5-11(6-8-15)18(2)14(19)10-3-4-12-13(9-10)17-21-16-12/h3-4,9,11,20H,5-8H2,1-2H3/t11-,15+. The van der Waals surface area contributed by atoms with E-state index in [0.29, 0.717) is 16.6 Å². The lowest BCUT2D eigenvalue weighted by Gasteiger charge is -2.37. The number of aromatic nitrogens is 2. The largest absolute Gasteiger partial charge is 0.390 e. The lowest BCUT2D eigenvalue weighted by Crippen LogP contribution is -2.43. The number of carbonyl (C=O) groups is 1. The van der Waals surface area contributed by atoms with E-state index in [2.05, 4.69) is 14.9 Å². The van der Waals surface area contributed by atoms with Crippen LogP contribution in [0.3, 0.4) is 0 Å². The SMILES string of the molecule is CN(C(=O)c1ccc2nonc2c1)[C@H]1CC[C@@](C)(O)CC1. The molecule has 1 saturated carbocycles. The summed E-state index contributed by atoms with van der Waals surface area (Å²) in [6, 6.07) is 5.34. The Morgan fingerprint density at radius 2 is 2.00 bits per heavy atom. The van der Waals surface area contributed by atoms with Crippen molar-refractivity contribution in [1.29, 1.82) is 0 Å². The molecule has 1 N–H and O–H groups in total. The molecule has 0 unspecified atom stereocenters. The number of benzene rings is 1. The van der Waals surface area contributed by atoms with Crippen molar-refractivity contribution in [2.45, 2.75) is 44.2 Å². The van der Waals surface area contributed by atoms with Crippen molar-refractivity contribution in [1.82, 2.24) is 15.2 Å². The summed E-state index contributed by atoms with van der Waals surface area (Å²) in [5.74, 6) is -0.0357. The van der Waals surface area contributed by atoms with E-state index in [1.165, 1.54) is 0 Å². The van der Waals surface area contributed by atoms with Gasteiger partial charge in [0, 0.05) is 18.7 Å². The molecule has 0 spiro atoms. The lowest BCUT2D eigenvalue weighted by molar-refractivity contribution is -0.000208. The van der Waals surface area contributed by atoms with E-state index in [4.69, 9.17) is 0 Å². The van der Waals surface area contributed by atoms with Crippen LogP contribution < -0.4 is 0 Å². The molecular formula is C15H19N3O3. The predicted molar refractivity (Wildman–Crippen MR) is 76.8 cm³/mol. The molecule has 1 fully saturated rings. The van der Waals surface area contributed by atoms with E-state index < -0.39 is 5.60 Å². The summed E-state index contributed by atoms with van der Waals surface area (Å²) in [6.07, 6.45) is 3.09. The molecule has 1 aliphatic carbocycles. The Labute approximate surface area is 122 Å². The van der Waals surface area contributed by atoms with E-state index in [1.54, 1.807) is 23.1 Å². The average molecular weight is 289 g/mol. The molecule has 3 rings (SSSR count). The Bertz CT molecular complexity index is 655. The quantitative estimate of drug-likeness (QED) is 0.914. The fraction of sp³-hybridized carbons (Fsp3) is 0.533. The number of rotatable bonds is 2. The van der Waals surface area contributed by atoms with Gasteiger partial charge in [-0.05, 0) is 61.1 Å². The lowest BCUT2D eigenvalue weighted by atomic mass is 9.83. The summed E-state index contributed by atoms with van der Waals surface area (Å²) in [6.45, 7) is 1.86. The van der Waals surface area contributed by atoms with E-state index in [9.17, 15) is 9.90 Å². The molecular weight excluding hydrogens is 270 g/mol. The fourth-order valence-corrected chi connectivity index (χ4v) is 2.90. The molecule has 2 aromatic rings. The molecule has 1 heterocycles. The van der Waals surface area contributed by atoms with Crippen molar-refractivity contribution in [2.24, 2.45) is 0 Å². The molecule has 1 aromatic heterocycles. The summed E-state index contributed by atoms with van der Waals surface area (Å²) >= 11 is 0. The molecule has 21 heavy (non-hydrogen) atoms. The predicted octanol–water partition coefficient (Wildman–Crippen LogP) is 1.99. The van der Waals surface area contributed by atoms with Gasteiger partial charge in [-0.15, -0.1) is 0 Å². The summed E-state index contributed by atoms with van der Waals surface area (Å²) in [4.78, 5) is 14.3. The Kier molecular flexibility index (Phi) is 3.41. The van der Waals surface area contributed by atoms with Gasteiger partial charge < -0.3 is 10.0 Å². The van der Waals surface area contributed by atoms with Gasteiger partial charge in [-0.25, -0.2) is 4.63 Å². The first-order valence-corrected chi connectivity index (χ1v) is 7.18. The second-order valence-electron chi connectivity index (χ2n) is 6.11. The first kappa shape index (κ1) is 14.0. The molecule has 1 aliphatic rings. The van der Waals surface area contributed by atoms with Gasteiger partial charge in [-0.3, -0.25) is 4.79 Å². The first-order valence-electron chi connectivity index (χ1n) is 7.18. The molecule has 0 atom stereocenters. The third-order valence-electron chi connectivity index (χ3n) is 4.40. The third-order valence-corrected chi connectivity index (χ3v) is 4.40. The number of carbonyl (C=O) groups excluding carboxylic acids is 1. The molecule has 112 valence electrons. The molecule has 0 radical (unpaired) electrons. The first-order chi connectivity index (χ1) is 9.96. The van der Waals surface area contributed by atoms with Crippen LogP contribution in [0.25, 0.3) is 11.0 Å². The molecule has 6 heteroatoms. The van der Waals surface area contributed by atoms with Crippen molar-refractivity contribution >= 4 is 16.9 Å². The number of fused-ring (bicyclic) bond motifs is 1. The highest BCUT2D eigenvalue weighted by Crippen LogP contribution is 2.30. The van der Waals surface area contributed by atoms with Gasteiger partial charge in [0.2, 0.25) is 0 Å². The van der Waals surface area contributed by atoms with Gasteiger partial charge in [0.25, 0.3) is 5.91 Å². The van der Waals surface area contributed by atoms with Gasteiger partial charge in [-0.2, -0.15) is 0 Å². The number of nitrogens with zero attached hydrogens (tertiary/aromatic N) is 3. The Morgan fingerprint density at radius 3 is 2.71 bits per heavy atom. The average Bonchev–Trinajstić information content (AvgIpc) is 2.93. The van der Waals surface area contributed by atoms with E-state index in [1.807, 2.05) is 14.0 Å². The Morgan fingerprint density at radius 1 is 1.33 bits per heavy atom. The summed E-state index contributed by atoms with van der Waals surface area (Å²) in [5, 5.41) is 17.5. The van der Waals surface area contributed by atoms with Crippen molar-refractivity contribution in [3.05, 3.63) is 23.8 Å². The van der Waals surface area contributed by atoms with Crippen LogP contribution in [0.1, 0.15) is 43.0 Å². The maximum absolute atomic E-state index is 12.6. The summed E-state index contributed by atoms with van der Waals surface area (Å²) in [5.41, 5.74) is 1.22. The minimum Gasteiger partial charge on any atom is -0.390 e. The van der Waals surface area contributed by atoms with E-state index in [-0.39, 0.29) is 11.9 Å². The molecule has 6 nitrogen and oxygen atoms in total. The van der Waals surface area contributed by atoms with Gasteiger partial charge in [0.15, 0.2) is 0 Å². The van der Waals surface area contributed by atoms with Crippen LogP contribution in [-0.4, -0.2) is 44.9 Å².